The van der Waals surface area contributed by atoms with Crippen molar-refractivity contribution in [3.63, 3.8) is 0 Å². The van der Waals surface area contributed by atoms with Crippen LogP contribution in [0, 0.1) is 13.8 Å². The third kappa shape index (κ3) is 30.1. The van der Waals surface area contributed by atoms with Crippen LogP contribution in [-0.4, -0.2) is 86.1 Å². The van der Waals surface area contributed by atoms with Crippen molar-refractivity contribution in [1.82, 2.24) is 0 Å². The van der Waals surface area contributed by atoms with Crippen molar-refractivity contribution in [2.24, 2.45) is 0 Å². The van der Waals surface area contributed by atoms with Gasteiger partial charge >= 0.3 is 19.8 Å². The lowest BCUT2D eigenvalue weighted by molar-refractivity contribution is -0.870. The van der Waals surface area contributed by atoms with Crippen molar-refractivity contribution >= 4 is 19.8 Å². The fourth-order valence-corrected chi connectivity index (χ4v) is 6.80. The van der Waals surface area contributed by atoms with Crippen LogP contribution >= 0.6 is 7.82 Å². The standard InChI is InChI=1S/C48H80NO10P/c1-8-10-11-12-21-26-32-43(50)33-27-22-17-13-15-20-25-30-36-48(52)58-44(40-57-60(53,54)56-38-37-49(5,6)7)39-55-47(51)35-29-24-19-16-14-18-23-28-34-46-42(4)41(3)45(59-46)31-9-2/h10-11,15,17,20-22,26-27,33,43-44,50H,8-9,12-14,16,18-19,23-25,28-32,34-40H2,1-7H3/p+1/b11-10-,20-15-,22-17-,26-21-,33-27+/t43?,44-/m1/s1. The summed E-state index contributed by atoms with van der Waals surface area (Å²) in [7, 11) is 1.37. The molecule has 1 aromatic rings. The van der Waals surface area contributed by atoms with Crippen LogP contribution < -0.4 is 0 Å². The van der Waals surface area contributed by atoms with Crippen LogP contribution in [0.2, 0.25) is 0 Å². The summed E-state index contributed by atoms with van der Waals surface area (Å²) in [6.45, 7) is 8.35. The van der Waals surface area contributed by atoms with E-state index in [1.54, 1.807) is 6.08 Å². The normalized spacial score (nSPS) is 14.6. The molecule has 0 radical (unpaired) electrons. The molecule has 342 valence electrons. The van der Waals surface area contributed by atoms with E-state index >= 15 is 0 Å². The largest absolute Gasteiger partial charge is 0.472 e. The molecular weight excluding hydrogens is 781 g/mol. The van der Waals surface area contributed by atoms with E-state index in [9.17, 15) is 24.2 Å². The van der Waals surface area contributed by atoms with Crippen LogP contribution in [0.25, 0.3) is 0 Å². The Morgan fingerprint density at radius 1 is 0.733 bits per heavy atom. The summed E-state index contributed by atoms with van der Waals surface area (Å²) in [6, 6.07) is 0. The number of furan rings is 1. The summed E-state index contributed by atoms with van der Waals surface area (Å²) in [5, 5.41) is 10.0. The summed E-state index contributed by atoms with van der Waals surface area (Å²) in [4.78, 5) is 35.5. The number of aryl methyl sites for hydroxylation is 2. The van der Waals surface area contributed by atoms with Crippen LogP contribution in [0.5, 0.6) is 0 Å². The van der Waals surface area contributed by atoms with Crippen molar-refractivity contribution in [1.29, 1.82) is 0 Å². The molecule has 3 atom stereocenters. The number of likely N-dealkylation sites (N-methyl/N-ethyl adjacent to an activating group) is 1. The monoisotopic (exact) mass is 863 g/mol. The van der Waals surface area contributed by atoms with E-state index < -0.39 is 38.6 Å². The van der Waals surface area contributed by atoms with E-state index in [0.29, 0.717) is 43.1 Å². The van der Waals surface area contributed by atoms with Gasteiger partial charge in [0.25, 0.3) is 0 Å². The van der Waals surface area contributed by atoms with E-state index in [2.05, 4.69) is 45.9 Å². The number of nitrogens with zero attached hydrogens (tertiary/aromatic N) is 1. The SMILES string of the molecule is CC/C=C\C/C=C\CC(O)/C=C/C=C\C/C=C\CCCC(=O)O[C@H](COC(=O)CCCCCCCCCCc1oc(CCC)c(C)c1C)COP(=O)(O)OCC[N+](C)(C)C. The number of hydrogen-bond donors (Lipinski definition) is 2. The van der Waals surface area contributed by atoms with Gasteiger partial charge in [-0.25, -0.2) is 4.57 Å². The number of carbonyl (C=O) groups excluding carboxylic acids is 2. The first kappa shape index (κ1) is 55.0. The quantitative estimate of drug-likeness (QED) is 0.0167. The summed E-state index contributed by atoms with van der Waals surface area (Å²) in [5.74, 6) is 1.35. The lowest BCUT2D eigenvalue weighted by Gasteiger charge is -2.24. The molecule has 0 aliphatic rings. The Kier molecular flexibility index (Phi) is 30.7. The number of unbranched alkanes of at least 4 members (excludes halogenated alkanes) is 8. The number of aliphatic hydroxyl groups excluding tert-OH is 1. The Morgan fingerprint density at radius 2 is 1.35 bits per heavy atom. The molecular formula is C48H81NO10P+. The topological polar surface area (TPSA) is 142 Å². The van der Waals surface area contributed by atoms with Gasteiger partial charge in [0.15, 0.2) is 6.10 Å². The van der Waals surface area contributed by atoms with Gasteiger partial charge in [-0.2, -0.15) is 0 Å². The molecule has 0 fully saturated rings. The molecule has 0 aliphatic heterocycles. The molecule has 0 bridgehead atoms. The maximum atomic E-state index is 12.7. The van der Waals surface area contributed by atoms with E-state index in [4.69, 9.17) is 22.9 Å². The van der Waals surface area contributed by atoms with E-state index in [1.165, 1.54) is 24.0 Å². The number of phosphoric acid groups is 1. The molecule has 60 heavy (non-hydrogen) atoms. The second kappa shape index (κ2) is 33.6. The highest BCUT2D eigenvalue weighted by atomic mass is 31.2. The molecule has 0 amide bonds. The molecule has 12 heteroatoms. The van der Waals surface area contributed by atoms with Crippen LogP contribution in [0.1, 0.15) is 146 Å². The van der Waals surface area contributed by atoms with E-state index in [1.807, 2.05) is 57.6 Å². The molecule has 0 aliphatic carbocycles. The van der Waals surface area contributed by atoms with Crippen molar-refractivity contribution in [2.45, 2.75) is 162 Å². The summed E-state index contributed by atoms with van der Waals surface area (Å²) < 4.78 is 40.4. The zero-order valence-electron chi connectivity index (χ0n) is 38.2. The first-order chi connectivity index (χ1) is 28.7. The molecule has 0 aromatic carbocycles. The Morgan fingerprint density at radius 3 is 2.03 bits per heavy atom. The van der Waals surface area contributed by atoms with Gasteiger partial charge in [0.1, 0.15) is 31.3 Å². The van der Waals surface area contributed by atoms with Crippen LogP contribution in [0.3, 0.4) is 0 Å². The van der Waals surface area contributed by atoms with E-state index in [0.717, 1.165) is 75.7 Å². The highest BCUT2D eigenvalue weighted by Gasteiger charge is 2.27. The fraction of sp³-hybridized carbons (Fsp3) is 0.667. The van der Waals surface area contributed by atoms with Crippen LogP contribution in [-0.2, 0) is 45.5 Å². The second-order valence-corrected chi connectivity index (χ2v) is 17.9. The average molecular weight is 863 g/mol. The van der Waals surface area contributed by atoms with Gasteiger partial charge in [0.2, 0.25) is 0 Å². The zero-order valence-corrected chi connectivity index (χ0v) is 39.1. The summed E-state index contributed by atoms with van der Waals surface area (Å²) in [5.41, 5.74) is 2.62. The van der Waals surface area contributed by atoms with Gasteiger partial charge in [-0.15, -0.1) is 0 Å². The van der Waals surface area contributed by atoms with Crippen molar-refractivity contribution in [3.8, 4) is 0 Å². The Hall–Kier alpha value is -3.05. The Bertz CT molecular complexity index is 1500. The van der Waals surface area contributed by atoms with Gasteiger partial charge < -0.3 is 28.4 Å². The van der Waals surface area contributed by atoms with Crippen molar-refractivity contribution in [2.75, 3.05) is 47.5 Å². The molecule has 2 N–H and O–H groups in total. The molecule has 0 saturated heterocycles. The predicted molar refractivity (Wildman–Crippen MR) is 243 cm³/mol. The fourth-order valence-electron chi connectivity index (χ4n) is 6.06. The number of aliphatic hydroxyl groups is 1. The number of phosphoric ester groups is 1. The number of carbonyl (C=O) groups is 2. The highest BCUT2D eigenvalue weighted by molar-refractivity contribution is 7.47. The Balaban J connectivity index is 2.41. The number of hydrogen-bond acceptors (Lipinski definition) is 9. The molecule has 0 spiro atoms. The average Bonchev–Trinajstić information content (AvgIpc) is 3.45. The number of quaternary nitrogens is 1. The van der Waals surface area contributed by atoms with Crippen LogP contribution in [0.4, 0.5) is 0 Å². The first-order valence-corrected chi connectivity index (χ1v) is 24.0. The number of rotatable bonds is 36. The number of esters is 2. The third-order valence-electron chi connectivity index (χ3n) is 9.82. The minimum absolute atomic E-state index is 0.000426. The van der Waals surface area contributed by atoms with Gasteiger partial charge in [0, 0.05) is 25.7 Å². The maximum absolute atomic E-state index is 12.7. The highest BCUT2D eigenvalue weighted by Crippen LogP contribution is 2.43. The molecule has 0 saturated carbocycles. The van der Waals surface area contributed by atoms with Gasteiger partial charge in [-0.1, -0.05) is 113 Å². The molecule has 1 heterocycles. The van der Waals surface area contributed by atoms with Gasteiger partial charge in [-0.3, -0.25) is 18.6 Å². The van der Waals surface area contributed by atoms with Crippen molar-refractivity contribution in [3.05, 3.63) is 83.4 Å². The summed E-state index contributed by atoms with van der Waals surface area (Å²) in [6.07, 6.45) is 34.4. The Labute approximate surface area is 363 Å². The maximum Gasteiger partial charge on any atom is 0.472 e. The number of allylic oxidation sites excluding steroid dienone is 8. The van der Waals surface area contributed by atoms with Crippen LogP contribution in [0.15, 0.2) is 65.2 Å². The number of ether oxygens (including phenoxy) is 2. The third-order valence-corrected chi connectivity index (χ3v) is 10.8. The first-order valence-electron chi connectivity index (χ1n) is 22.5. The van der Waals surface area contributed by atoms with Crippen molar-refractivity contribution < 1.29 is 51.6 Å². The molecule has 2 unspecified atom stereocenters. The van der Waals surface area contributed by atoms with Gasteiger partial charge in [0.05, 0.1) is 33.9 Å². The lowest BCUT2D eigenvalue weighted by Crippen LogP contribution is -2.37. The van der Waals surface area contributed by atoms with E-state index in [-0.39, 0.29) is 26.1 Å². The minimum atomic E-state index is -4.42. The zero-order chi connectivity index (χ0) is 44.5. The smallest absolute Gasteiger partial charge is 0.466 e. The predicted octanol–water partition coefficient (Wildman–Crippen LogP) is 11.1. The molecule has 11 nitrogen and oxygen atoms in total. The summed E-state index contributed by atoms with van der Waals surface area (Å²) >= 11 is 0. The minimum Gasteiger partial charge on any atom is -0.466 e. The molecule has 1 aromatic heterocycles. The lowest BCUT2D eigenvalue weighted by atomic mass is 10.0. The molecule has 1 rings (SSSR count). The van der Waals surface area contributed by atoms with Gasteiger partial charge in [-0.05, 0) is 82.8 Å². The second-order valence-electron chi connectivity index (χ2n) is 16.5.